The minimum Gasteiger partial charge on any atom is -0.468 e. The van der Waals surface area contributed by atoms with E-state index in [0.717, 1.165) is 32.4 Å². The summed E-state index contributed by atoms with van der Waals surface area (Å²) in [5, 5.41) is 0. The number of ether oxygens (including phenoxy) is 1. The Morgan fingerprint density at radius 2 is 1.83 bits per heavy atom. The molecule has 1 atom stereocenters. The van der Waals surface area contributed by atoms with Crippen molar-refractivity contribution in [3.8, 4) is 0 Å². The van der Waals surface area contributed by atoms with Gasteiger partial charge in [-0.15, -0.1) is 0 Å². The molecule has 1 saturated heterocycles. The molecular weight excluding hydrogens is 232 g/mol. The van der Waals surface area contributed by atoms with E-state index in [1.165, 1.54) is 7.11 Å². The highest BCUT2D eigenvalue weighted by Crippen LogP contribution is 2.13. The predicted octanol–water partition coefficient (Wildman–Crippen LogP) is 0.882. The van der Waals surface area contributed by atoms with Gasteiger partial charge in [-0.3, -0.25) is 14.5 Å². The van der Waals surface area contributed by atoms with Crippen LogP contribution in [0.4, 0.5) is 0 Å². The third kappa shape index (κ3) is 3.98. The smallest absolute Gasteiger partial charge is 0.323 e. The summed E-state index contributed by atoms with van der Waals surface area (Å²) in [6.07, 6.45) is 2.93. The summed E-state index contributed by atoms with van der Waals surface area (Å²) < 4.78 is 4.88. The normalized spacial score (nSPS) is 18.5. The Kier molecular flexibility index (Phi) is 6.12. The van der Waals surface area contributed by atoms with E-state index in [2.05, 4.69) is 11.8 Å². The van der Waals surface area contributed by atoms with Gasteiger partial charge in [0.15, 0.2) is 0 Å². The molecule has 1 rings (SSSR count). The molecule has 0 aromatic carbocycles. The second-order valence-corrected chi connectivity index (χ2v) is 4.72. The van der Waals surface area contributed by atoms with Gasteiger partial charge < -0.3 is 9.64 Å². The lowest BCUT2D eigenvalue weighted by Gasteiger charge is -2.37. The first-order chi connectivity index (χ1) is 8.60. The molecule has 0 saturated carbocycles. The van der Waals surface area contributed by atoms with Gasteiger partial charge in [-0.05, 0) is 6.42 Å². The number of rotatable bonds is 5. The summed E-state index contributed by atoms with van der Waals surface area (Å²) in [4.78, 5) is 27.0. The minimum absolute atomic E-state index is 0.109. The van der Waals surface area contributed by atoms with Crippen molar-refractivity contribution in [3.05, 3.63) is 0 Å². The zero-order valence-electron chi connectivity index (χ0n) is 11.6. The largest absolute Gasteiger partial charge is 0.468 e. The van der Waals surface area contributed by atoms with Gasteiger partial charge in [-0.2, -0.15) is 0 Å². The monoisotopic (exact) mass is 256 g/mol. The minimum atomic E-state index is -0.153. The number of piperazine rings is 1. The zero-order chi connectivity index (χ0) is 13.5. The molecule has 1 aliphatic rings. The van der Waals surface area contributed by atoms with Gasteiger partial charge in [-0.1, -0.05) is 19.8 Å². The van der Waals surface area contributed by atoms with Crippen molar-refractivity contribution in [1.29, 1.82) is 0 Å². The molecule has 1 fully saturated rings. The Labute approximate surface area is 109 Å². The van der Waals surface area contributed by atoms with Gasteiger partial charge in [0.2, 0.25) is 5.91 Å². The van der Waals surface area contributed by atoms with Crippen molar-refractivity contribution in [2.45, 2.75) is 39.2 Å². The molecule has 5 nitrogen and oxygen atoms in total. The number of carbonyl (C=O) groups is 2. The van der Waals surface area contributed by atoms with Crippen LogP contribution in [-0.4, -0.2) is 61.0 Å². The number of hydrogen-bond donors (Lipinski definition) is 0. The highest BCUT2D eigenvalue weighted by atomic mass is 16.5. The van der Waals surface area contributed by atoms with Gasteiger partial charge in [0.05, 0.1) is 7.11 Å². The fraction of sp³-hybridized carbons (Fsp3) is 0.846. The van der Waals surface area contributed by atoms with Crippen molar-refractivity contribution in [2.75, 3.05) is 33.3 Å². The maximum absolute atomic E-state index is 11.8. The summed E-state index contributed by atoms with van der Waals surface area (Å²) in [7, 11) is 1.44. The number of hydrogen-bond acceptors (Lipinski definition) is 4. The van der Waals surface area contributed by atoms with E-state index in [1.54, 1.807) is 6.92 Å². The number of unbranched alkanes of at least 4 members (excludes halogenated alkanes) is 1. The van der Waals surface area contributed by atoms with Crippen molar-refractivity contribution < 1.29 is 14.3 Å². The maximum Gasteiger partial charge on any atom is 0.323 e. The SMILES string of the molecule is CCCCC(C(=O)OC)N1CCN(C(C)=O)CC1. The van der Waals surface area contributed by atoms with Gasteiger partial charge in [-0.25, -0.2) is 0 Å². The quantitative estimate of drug-likeness (QED) is 0.685. The maximum atomic E-state index is 11.8. The van der Waals surface area contributed by atoms with Crippen LogP contribution >= 0.6 is 0 Å². The van der Waals surface area contributed by atoms with Gasteiger partial charge in [0.1, 0.15) is 6.04 Å². The van der Waals surface area contributed by atoms with Crippen molar-refractivity contribution >= 4 is 11.9 Å². The number of methoxy groups -OCH3 is 1. The number of esters is 1. The molecule has 1 amide bonds. The Morgan fingerprint density at radius 1 is 1.22 bits per heavy atom. The van der Waals surface area contributed by atoms with E-state index in [-0.39, 0.29) is 17.9 Å². The van der Waals surface area contributed by atoms with Crippen LogP contribution in [0.5, 0.6) is 0 Å². The van der Waals surface area contributed by atoms with Crippen LogP contribution in [0.2, 0.25) is 0 Å². The molecule has 0 aromatic rings. The van der Waals surface area contributed by atoms with Crippen LogP contribution in [0.15, 0.2) is 0 Å². The molecule has 18 heavy (non-hydrogen) atoms. The summed E-state index contributed by atoms with van der Waals surface area (Å²) >= 11 is 0. The van der Waals surface area contributed by atoms with Crippen LogP contribution in [0.25, 0.3) is 0 Å². The van der Waals surface area contributed by atoms with E-state index in [0.29, 0.717) is 13.1 Å². The second kappa shape index (κ2) is 7.36. The third-order valence-electron chi connectivity index (χ3n) is 3.50. The Hall–Kier alpha value is -1.10. The highest BCUT2D eigenvalue weighted by molar-refractivity contribution is 5.76. The van der Waals surface area contributed by atoms with Crippen molar-refractivity contribution in [2.24, 2.45) is 0 Å². The molecule has 0 radical (unpaired) electrons. The Bertz CT molecular complexity index is 286. The summed E-state index contributed by atoms with van der Waals surface area (Å²) in [6, 6.07) is -0.149. The first kappa shape index (κ1) is 15.0. The van der Waals surface area contributed by atoms with E-state index in [9.17, 15) is 9.59 Å². The average molecular weight is 256 g/mol. The average Bonchev–Trinajstić information content (AvgIpc) is 2.39. The molecule has 0 bridgehead atoms. The topological polar surface area (TPSA) is 49.9 Å². The van der Waals surface area contributed by atoms with Crippen LogP contribution in [0.1, 0.15) is 33.1 Å². The van der Waals surface area contributed by atoms with Crippen LogP contribution < -0.4 is 0 Å². The number of carbonyl (C=O) groups excluding carboxylic acids is 2. The van der Waals surface area contributed by atoms with Crippen LogP contribution in [0, 0.1) is 0 Å². The molecule has 0 N–H and O–H groups in total. The third-order valence-corrected chi connectivity index (χ3v) is 3.50. The van der Waals surface area contributed by atoms with Crippen molar-refractivity contribution in [1.82, 2.24) is 9.80 Å². The van der Waals surface area contributed by atoms with Crippen LogP contribution in [-0.2, 0) is 14.3 Å². The first-order valence-electron chi connectivity index (χ1n) is 6.67. The number of nitrogens with zero attached hydrogens (tertiary/aromatic N) is 2. The molecular formula is C13H24N2O3. The molecule has 0 aliphatic carbocycles. The van der Waals surface area contributed by atoms with Gasteiger partial charge in [0, 0.05) is 33.1 Å². The molecule has 1 unspecified atom stereocenters. The molecule has 5 heteroatoms. The van der Waals surface area contributed by atoms with Crippen LogP contribution in [0.3, 0.4) is 0 Å². The molecule has 1 aliphatic heterocycles. The molecule has 1 heterocycles. The lowest BCUT2D eigenvalue weighted by molar-refractivity contribution is -0.148. The Balaban J connectivity index is 2.54. The molecule has 0 spiro atoms. The lowest BCUT2D eigenvalue weighted by atomic mass is 10.1. The van der Waals surface area contributed by atoms with Gasteiger partial charge in [0.25, 0.3) is 0 Å². The second-order valence-electron chi connectivity index (χ2n) is 4.72. The number of amides is 1. The van der Waals surface area contributed by atoms with E-state index < -0.39 is 0 Å². The van der Waals surface area contributed by atoms with E-state index in [4.69, 9.17) is 4.74 Å². The summed E-state index contributed by atoms with van der Waals surface area (Å²) in [5.74, 6) is -0.0439. The predicted molar refractivity (Wildman–Crippen MR) is 69.2 cm³/mol. The van der Waals surface area contributed by atoms with Gasteiger partial charge >= 0.3 is 5.97 Å². The first-order valence-corrected chi connectivity index (χ1v) is 6.67. The summed E-state index contributed by atoms with van der Waals surface area (Å²) in [5.41, 5.74) is 0. The zero-order valence-corrected chi connectivity index (χ0v) is 11.6. The van der Waals surface area contributed by atoms with E-state index in [1.807, 2.05) is 4.90 Å². The fourth-order valence-electron chi connectivity index (χ4n) is 2.33. The fourth-order valence-corrected chi connectivity index (χ4v) is 2.33. The standard InChI is InChI=1S/C13H24N2O3/c1-4-5-6-12(13(17)18-3)15-9-7-14(8-10-15)11(2)16/h12H,4-10H2,1-3H3. The molecule has 0 aromatic heterocycles. The highest BCUT2D eigenvalue weighted by Gasteiger charge is 2.29. The lowest BCUT2D eigenvalue weighted by Crippen LogP contribution is -2.53. The summed E-state index contributed by atoms with van der Waals surface area (Å²) in [6.45, 7) is 6.61. The Morgan fingerprint density at radius 3 is 2.28 bits per heavy atom. The van der Waals surface area contributed by atoms with Crippen molar-refractivity contribution in [3.63, 3.8) is 0 Å². The van der Waals surface area contributed by atoms with E-state index >= 15 is 0 Å². The molecule has 104 valence electrons.